The zero-order valence-corrected chi connectivity index (χ0v) is 11.9. The highest BCUT2D eigenvalue weighted by atomic mass is 32.1. The highest BCUT2D eigenvalue weighted by Gasteiger charge is 2.28. The molecule has 1 N–H and O–H groups in total. The molecule has 1 aromatic rings. The molecule has 0 bridgehead atoms. The van der Waals surface area contributed by atoms with Crippen molar-refractivity contribution in [1.82, 2.24) is 5.32 Å². The topological polar surface area (TPSA) is 21.3 Å². The fraction of sp³-hybridized carbons (Fsp3) is 0.714. The van der Waals surface area contributed by atoms with Crippen LogP contribution in [0.2, 0.25) is 0 Å². The highest BCUT2D eigenvalue weighted by Crippen LogP contribution is 2.37. The Hall–Kier alpha value is -0.380. The van der Waals surface area contributed by atoms with Crippen molar-refractivity contribution in [1.29, 1.82) is 0 Å². The van der Waals surface area contributed by atoms with Crippen molar-refractivity contribution in [3.63, 3.8) is 0 Å². The lowest BCUT2D eigenvalue weighted by Gasteiger charge is -2.32. The fourth-order valence-electron chi connectivity index (χ4n) is 2.66. The third-order valence-corrected chi connectivity index (χ3v) is 4.47. The molecule has 2 atom stereocenters. The van der Waals surface area contributed by atoms with Crippen molar-refractivity contribution in [2.75, 3.05) is 19.7 Å². The van der Waals surface area contributed by atoms with Crippen LogP contribution in [0.4, 0.5) is 0 Å². The second kappa shape index (κ2) is 5.98. The van der Waals surface area contributed by atoms with Crippen LogP contribution in [0.25, 0.3) is 0 Å². The van der Waals surface area contributed by atoms with E-state index in [1.54, 1.807) is 0 Å². The molecule has 0 saturated carbocycles. The first-order chi connectivity index (χ1) is 8.22. The van der Waals surface area contributed by atoms with Crippen molar-refractivity contribution in [2.45, 2.75) is 39.7 Å². The molecule has 1 aliphatic rings. The van der Waals surface area contributed by atoms with Gasteiger partial charge in [-0.1, -0.05) is 6.92 Å². The lowest BCUT2D eigenvalue weighted by atomic mass is 9.89. The van der Waals surface area contributed by atoms with Crippen LogP contribution in [-0.2, 0) is 4.74 Å². The zero-order valence-electron chi connectivity index (χ0n) is 11.1. The molecular formula is C14H23NOS. The van der Waals surface area contributed by atoms with Gasteiger partial charge in [0.25, 0.3) is 0 Å². The molecule has 1 fully saturated rings. The first-order valence-electron chi connectivity index (χ1n) is 6.61. The Balaban J connectivity index is 2.12. The van der Waals surface area contributed by atoms with Gasteiger partial charge in [0.15, 0.2) is 0 Å². The molecule has 1 saturated heterocycles. The van der Waals surface area contributed by atoms with Gasteiger partial charge in [-0.2, -0.15) is 0 Å². The van der Waals surface area contributed by atoms with Crippen LogP contribution in [0.1, 0.15) is 41.2 Å². The van der Waals surface area contributed by atoms with Gasteiger partial charge in [0, 0.05) is 28.8 Å². The van der Waals surface area contributed by atoms with E-state index in [1.807, 2.05) is 11.3 Å². The number of ether oxygens (including phenoxy) is 1. The van der Waals surface area contributed by atoms with Gasteiger partial charge in [-0.05, 0) is 44.9 Å². The second-order valence-electron chi connectivity index (χ2n) is 4.87. The van der Waals surface area contributed by atoms with Crippen LogP contribution in [0.5, 0.6) is 0 Å². The Bertz CT molecular complexity index is 361. The molecule has 0 aliphatic carbocycles. The number of thiophene rings is 1. The Morgan fingerprint density at radius 1 is 1.47 bits per heavy atom. The molecule has 17 heavy (non-hydrogen) atoms. The lowest BCUT2D eigenvalue weighted by Crippen LogP contribution is -2.31. The number of hydrogen-bond acceptors (Lipinski definition) is 3. The Morgan fingerprint density at radius 2 is 2.29 bits per heavy atom. The molecule has 96 valence electrons. The number of rotatable bonds is 4. The largest absolute Gasteiger partial charge is 0.373 e. The quantitative estimate of drug-likeness (QED) is 0.887. The minimum absolute atomic E-state index is 0.313. The fourth-order valence-corrected chi connectivity index (χ4v) is 3.62. The summed E-state index contributed by atoms with van der Waals surface area (Å²) in [7, 11) is 0. The second-order valence-corrected chi connectivity index (χ2v) is 6.33. The van der Waals surface area contributed by atoms with Crippen LogP contribution in [0.15, 0.2) is 6.07 Å². The van der Waals surface area contributed by atoms with E-state index in [-0.39, 0.29) is 0 Å². The van der Waals surface area contributed by atoms with E-state index in [1.165, 1.54) is 28.2 Å². The summed E-state index contributed by atoms with van der Waals surface area (Å²) in [4.78, 5) is 2.82. The summed E-state index contributed by atoms with van der Waals surface area (Å²) in [6.45, 7) is 9.61. The summed E-state index contributed by atoms with van der Waals surface area (Å²) < 4.78 is 6.03. The maximum absolute atomic E-state index is 6.03. The van der Waals surface area contributed by atoms with Crippen LogP contribution >= 0.6 is 11.3 Å². The maximum Gasteiger partial charge on any atom is 0.0875 e. The minimum Gasteiger partial charge on any atom is -0.373 e. The van der Waals surface area contributed by atoms with Gasteiger partial charge < -0.3 is 10.1 Å². The Morgan fingerprint density at radius 3 is 2.94 bits per heavy atom. The first-order valence-corrected chi connectivity index (χ1v) is 7.43. The number of aryl methyl sites for hydroxylation is 2. The van der Waals surface area contributed by atoms with E-state index >= 15 is 0 Å². The number of nitrogens with one attached hydrogen (secondary N) is 1. The average molecular weight is 253 g/mol. The predicted molar refractivity (Wildman–Crippen MR) is 73.8 cm³/mol. The van der Waals surface area contributed by atoms with Crippen molar-refractivity contribution >= 4 is 11.3 Å². The van der Waals surface area contributed by atoms with E-state index in [2.05, 4.69) is 32.2 Å². The van der Waals surface area contributed by atoms with Crippen LogP contribution in [-0.4, -0.2) is 19.7 Å². The van der Waals surface area contributed by atoms with E-state index in [0.29, 0.717) is 12.0 Å². The summed E-state index contributed by atoms with van der Waals surface area (Å²) in [5.41, 5.74) is 1.43. The third kappa shape index (κ3) is 3.09. The molecule has 2 nitrogen and oxygen atoms in total. The van der Waals surface area contributed by atoms with Gasteiger partial charge in [0.2, 0.25) is 0 Å². The summed E-state index contributed by atoms with van der Waals surface area (Å²) in [6.07, 6.45) is 2.80. The van der Waals surface area contributed by atoms with Crippen LogP contribution < -0.4 is 5.32 Å². The van der Waals surface area contributed by atoms with E-state index in [4.69, 9.17) is 4.74 Å². The minimum atomic E-state index is 0.313. The summed E-state index contributed by atoms with van der Waals surface area (Å²) in [5, 5.41) is 3.47. The van der Waals surface area contributed by atoms with Gasteiger partial charge in [-0.15, -0.1) is 11.3 Å². The highest BCUT2D eigenvalue weighted by molar-refractivity contribution is 7.12. The molecule has 1 aliphatic heterocycles. The summed E-state index contributed by atoms with van der Waals surface area (Å²) in [6, 6.07) is 2.31. The monoisotopic (exact) mass is 253 g/mol. The van der Waals surface area contributed by atoms with E-state index in [9.17, 15) is 0 Å². The molecule has 0 spiro atoms. The molecule has 2 rings (SSSR count). The normalized spacial score (nSPS) is 25.1. The van der Waals surface area contributed by atoms with Gasteiger partial charge in [0.1, 0.15) is 0 Å². The number of hydrogen-bond donors (Lipinski definition) is 1. The average Bonchev–Trinajstić information content (AvgIpc) is 2.66. The van der Waals surface area contributed by atoms with Gasteiger partial charge in [-0.25, -0.2) is 0 Å². The van der Waals surface area contributed by atoms with E-state index < -0.39 is 0 Å². The molecule has 3 heteroatoms. The predicted octanol–water partition coefficient (Wildman–Crippen LogP) is 3.44. The zero-order chi connectivity index (χ0) is 12.3. The molecule has 2 unspecified atom stereocenters. The van der Waals surface area contributed by atoms with Gasteiger partial charge >= 0.3 is 0 Å². The SMILES string of the molecule is CCNCC1CCCOC1c1cc(C)sc1C. The first kappa shape index (κ1) is 13.1. The van der Waals surface area contributed by atoms with Gasteiger partial charge in [0.05, 0.1) is 6.10 Å². The van der Waals surface area contributed by atoms with Crippen molar-refractivity contribution in [3.8, 4) is 0 Å². The molecule has 0 aromatic carbocycles. The molecular weight excluding hydrogens is 230 g/mol. The smallest absolute Gasteiger partial charge is 0.0875 e. The molecule has 2 heterocycles. The third-order valence-electron chi connectivity index (χ3n) is 3.49. The van der Waals surface area contributed by atoms with Crippen molar-refractivity contribution in [2.24, 2.45) is 5.92 Å². The van der Waals surface area contributed by atoms with Crippen LogP contribution in [0, 0.1) is 19.8 Å². The Labute approximate surface area is 108 Å². The van der Waals surface area contributed by atoms with Gasteiger partial charge in [-0.3, -0.25) is 0 Å². The maximum atomic E-state index is 6.03. The molecule has 1 aromatic heterocycles. The van der Waals surface area contributed by atoms with Crippen molar-refractivity contribution in [3.05, 3.63) is 21.4 Å². The Kier molecular flexibility index (Phi) is 4.60. The molecule has 0 amide bonds. The summed E-state index contributed by atoms with van der Waals surface area (Å²) in [5.74, 6) is 0.636. The van der Waals surface area contributed by atoms with E-state index in [0.717, 1.165) is 19.7 Å². The molecule has 0 radical (unpaired) electrons. The van der Waals surface area contributed by atoms with Crippen molar-refractivity contribution < 1.29 is 4.74 Å². The van der Waals surface area contributed by atoms with Crippen LogP contribution in [0.3, 0.4) is 0 Å². The standard InChI is InChI=1S/C14H23NOS/c1-4-15-9-12-6-5-7-16-14(12)13-8-10(2)17-11(13)3/h8,12,14-15H,4-7,9H2,1-3H3. The lowest BCUT2D eigenvalue weighted by molar-refractivity contribution is -0.0277. The summed E-state index contributed by atoms with van der Waals surface area (Å²) >= 11 is 1.89.